The van der Waals surface area contributed by atoms with Crippen LogP contribution in [0.2, 0.25) is 0 Å². The van der Waals surface area contributed by atoms with Gasteiger partial charge in [0.1, 0.15) is 0 Å². The first kappa shape index (κ1) is 34.3. The first-order chi connectivity index (χ1) is 19.4. The molecule has 0 atom stereocenters. The van der Waals surface area contributed by atoms with Gasteiger partial charge in [0.25, 0.3) is 0 Å². The number of anilines is 2. The first-order valence-corrected chi connectivity index (χ1v) is 17.5. The summed E-state index contributed by atoms with van der Waals surface area (Å²) in [5.41, 5.74) is 4.76. The Bertz CT molecular complexity index is 1250. The topological polar surface area (TPSA) is 58.2 Å². The minimum absolute atomic E-state index is 0.0958. The average Bonchev–Trinajstić information content (AvgIpc) is 2.92. The van der Waals surface area contributed by atoms with Gasteiger partial charge in [0, 0.05) is 46.1 Å². The minimum atomic E-state index is -0.556. The Labute approximate surface area is 261 Å². The molecule has 0 spiro atoms. The normalized spacial score (nSPS) is 16.6. The molecule has 0 aliphatic heterocycles. The summed E-state index contributed by atoms with van der Waals surface area (Å²) in [6.07, 6.45) is 14.9. The number of benzene rings is 2. The molecule has 0 heterocycles. The van der Waals surface area contributed by atoms with Crippen LogP contribution >= 0.6 is 18.6 Å². The molecule has 4 rings (SSSR count). The zero-order valence-electron chi connectivity index (χ0n) is 24.5. The Morgan fingerprint density at radius 3 is 1.22 bits per heavy atom. The molecular formula is C34H38Cl2N2O2Ti. The molecule has 2 aliphatic rings. The SMILES string of the molecule is CC(C)(C)C1=CC=C/C(=C/Nc2ccccc2)C1=O.CC(C)(C)C1=CC=C/C(=C/Nc2ccccc2)C1=O.[Cl][Ti][Cl]. The van der Waals surface area contributed by atoms with E-state index in [1.807, 2.05) is 97.1 Å². The van der Waals surface area contributed by atoms with Crippen molar-refractivity contribution in [2.75, 3.05) is 10.6 Å². The van der Waals surface area contributed by atoms with Crippen LogP contribution < -0.4 is 10.6 Å². The van der Waals surface area contributed by atoms with Gasteiger partial charge in [-0.05, 0) is 47.2 Å². The predicted octanol–water partition coefficient (Wildman–Crippen LogP) is 9.56. The van der Waals surface area contributed by atoms with Crippen molar-refractivity contribution in [3.8, 4) is 0 Å². The van der Waals surface area contributed by atoms with Gasteiger partial charge in [0.05, 0.1) is 0 Å². The molecule has 2 aromatic carbocycles. The second-order valence-corrected chi connectivity index (χ2v) is 13.9. The first-order valence-electron chi connectivity index (χ1n) is 13.3. The van der Waals surface area contributed by atoms with Crippen LogP contribution in [0.3, 0.4) is 0 Å². The van der Waals surface area contributed by atoms with Crippen molar-refractivity contribution < 1.29 is 26.6 Å². The van der Waals surface area contributed by atoms with Crippen molar-refractivity contribution in [1.82, 2.24) is 0 Å². The molecule has 0 radical (unpaired) electrons. The van der Waals surface area contributed by atoms with Crippen LogP contribution in [0.5, 0.6) is 0 Å². The Kier molecular flexibility index (Phi) is 13.8. The molecule has 214 valence electrons. The number of rotatable bonds is 4. The maximum atomic E-state index is 12.4. The number of hydrogen-bond donors (Lipinski definition) is 2. The van der Waals surface area contributed by atoms with E-state index < -0.39 is 17.0 Å². The number of carbonyl (C=O) groups excluding carboxylic acids is 2. The van der Waals surface area contributed by atoms with Crippen molar-refractivity contribution in [2.24, 2.45) is 10.8 Å². The summed E-state index contributed by atoms with van der Waals surface area (Å²) in [7, 11) is 9.78. The van der Waals surface area contributed by atoms with E-state index >= 15 is 0 Å². The quantitative estimate of drug-likeness (QED) is 0.263. The summed E-state index contributed by atoms with van der Waals surface area (Å²) < 4.78 is 0. The molecule has 2 aliphatic carbocycles. The van der Waals surface area contributed by atoms with Gasteiger partial charge in [-0.15, -0.1) is 0 Å². The fourth-order valence-electron chi connectivity index (χ4n) is 3.91. The molecule has 2 aromatic rings. The van der Waals surface area contributed by atoms with Crippen LogP contribution in [0.1, 0.15) is 41.5 Å². The van der Waals surface area contributed by atoms with E-state index in [9.17, 15) is 9.59 Å². The second-order valence-electron chi connectivity index (χ2n) is 11.3. The van der Waals surface area contributed by atoms with E-state index in [0.29, 0.717) is 11.1 Å². The van der Waals surface area contributed by atoms with E-state index in [4.69, 9.17) is 18.6 Å². The molecule has 0 amide bonds. The van der Waals surface area contributed by atoms with Gasteiger partial charge in [0.15, 0.2) is 11.6 Å². The van der Waals surface area contributed by atoms with E-state index in [0.717, 1.165) is 22.5 Å². The standard InChI is InChI=1S/2C17H19NO.2ClH.Ti/c2*1-17(2,3)15-11-7-8-13(16(15)19)12-18-14-9-5-4-6-10-14;;;/h2*4-12,18H,1-3H3;2*1H;/q;;;;+2/p-2/b2*13-12-;;;. The van der Waals surface area contributed by atoms with Crippen LogP contribution in [0.4, 0.5) is 11.4 Å². The van der Waals surface area contributed by atoms with Gasteiger partial charge >= 0.3 is 35.6 Å². The van der Waals surface area contributed by atoms with Gasteiger partial charge in [-0.25, -0.2) is 0 Å². The van der Waals surface area contributed by atoms with Gasteiger partial charge in [-0.2, -0.15) is 0 Å². The third-order valence-corrected chi connectivity index (χ3v) is 6.04. The van der Waals surface area contributed by atoms with Gasteiger partial charge in [-0.1, -0.05) is 102 Å². The third-order valence-electron chi connectivity index (χ3n) is 6.04. The Balaban J connectivity index is 0.000000262. The third kappa shape index (κ3) is 11.5. The summed E-state index contributed by atoms with van der Waals surface area (Å²) in [6, 6.07) is 19.6. The molecule has 0 aromatic heterocycles. The molecule has 7 heteroatoms. The monoisotopic (exact) mass is 624 g/mol. The van der Waals surface area contributed by atoms with Crippen LogP contribution in [0, 0.1) is 10.8 Å². The number of halogens is 2. The van der Waals surface area contributed by atoms with Crippen molar-refractivity contribution in [3.63, 3.8) is 0 Å². The fourth-order valence-corrected chi connectivity index (χ4v) is 3.91. The number of para-hydroxylation sites is 2. The molecule has 0 fully saturated rings. The van der Waals surface area contributed by atoms with Crippen LogP contribution in [0.15, 0.2) is 132 Å². The van der Waals surface area contributed by atoms with Crippen LogP contribution in [-0.4, -0.2) is 11.6 Å². The molecule has 0 unspecified atom stereocenters. The Morgan fingerprint density at radius 2 is 0.927 bits per heavy atom. The average molecular weight is 625 g/mol. The summed E-state index contributed by atoms with van der Waals surface area (Å²) in [6.45, 7) is 12.3. The molecular weight excluding hydrogens is 587 g/mol. The van der Waals surface area contributed by atoms with Crippen molar-refractivity contribution >= 4 is 41.6 Å². The summed E-state index contributed by atoms with van der Waals surface area (Å²) in [5, 5.41) is 6.31. The van der Waals surface area contributed by atoms with E-state index in [1.165, 1.54) is 0 Å². The fraction of sp³-hybridized carbons (Fsp3) is 0.235. The number of nitrogens with one attached hydrogen (secondary N) is 2. The van der Waals surface area contributed by atoms with E-state index in [-0.39, 0.29) is 22.4 Å². The van der Waals surface area contributed by atoms with Crippen molar-refractivity contribution in [3.05, 3.63) is 132 Å². The van der Waals surface area contributed by atoms with Crippen molar-refractivity contribution in [1.29, 1.82) is 0 Å². The number of hydrogen-bond acceptors (Lipinski definition) is 4. The van der Waals surface area contributed by atoms with Gasteiger partial charge in [-0.3, -0.25) is 9.59 Å². The molecule has 0 bridgehead atoms. The van der Waals surface area contributed by atoms with Crippen molar-refractivity contribution in [2.45, 2.75) is 41.5 Å². The van der Waals surface area contributed by atoms with Crippen LogP contribution in [-0.2, 0) is 26.6 Å². The van der Waals surface area contributed by atoms with Gasteiger partial charge in [0.2, 0.25) is 0 Å². The van der Waals surface area contributed by atoms with E-state index in [2.05, 4.69) is 52.2 Å². The molecule has 0 saturated heterocycles. The van der Waals surface area contributed by atoms with Crippen LogP contribution in [0.25, 0.3) is 0 Å². The van der Waals surface area contributed by atoms with Gasteiger partial charge < -0.3 is 10.6 Å². The summed E-state index contributed by atoms with van der Waals surface area (Å²) in [5.74, 6) is 0.192. The zero-order chi connectivity index (χ0) is 30.5. The Hall–Kier alpha value is -2.89. The second kappa shape index (κ2) is 16.5. The number of ketones is 2. The number of Topliss-reactive ketones (excluding diaryl/α,β-unsaturated/α-hetero) is 2. The molecule has 0 saturated carbocycles. The molecule has 41 heavy (non-hydrogen) atoms. The molecule has 2 N–H and O–H groups in total. The summed E-state index contributed by atoms with van der Waals surface area (Å²) >= 11 is -0.556. The number of allylic oxidation sites excluding steroid dienone is 10. The zero-order valence-corrected chi connectivity index (χ0v) is 27.5. The van der Waals surface area contributed by atoms with E-state index in [1.54, 1.807) is 12.4 Å². The maximum absolute atomic E-state index is 12.4. The number of carbonyl (C=O) groups is 2. The summed E-state index contributed by atoms with van der Waals surface area (Å²) in [4.78, 5) is 24.7. The molecule has 4 nitrogen and oxygen atoms in total. The predicted molar refractivity (Wildman–Crippen MR) is 171 cm³/mol. The Morgan fingerprint density at radius 1 is 0.610 bits per heavy atom.